The molecule has 0 spiro atoms. The minimum Gasteiger partial charge on any atom is -0.419 e. The highest BCUT2D eigenvalue weighted by atomic mass is 79.9. The third-order valence-corrected chi connectivity index (χ3v) is 4.97. The Labute approximate surface area is 145 Å². The Kier molecular flexibility index (Phi) is 4.73. The summed E-state index contributed by atoms with van der Waals surface area (Å²) in [6.07, 6.45) is 1.88. The maximum Gasteiger partial charge on any atom is 0.350 e. The van der Waals surface area contributed by atoms with Crippen molar-refractivity contribution in [2.75, 3.05) is 11.6 Å². The van der Waals surface area contributed by atoms with Gasteiger partial charge >= 0.3 is 11.9 Å². The number of anilines is 1. The van der Waals surface area contributed by atoms with Crippen molar-refractivity contribution in [1.82, 2.24) is 0 Å². The fourth-order valence-corrected chi connectivity index (χ4v) is 3.81. The van der Waals surface area contributed by atoms with Crippen LogP contribution >= 0.6 is 15.9 Å². The van der Waals surface area contributed by atoms with Crippen molar-refractivity contribution in [2.24, 2.45) is 0 Å². The Morgan fingerprint density at radius 3 is 2.25 bits per heavy atom. The average Bonchev–Trinajstić information content (AvgIpc) is 2.38. The minimum absolute atomic E-state index is 0.127. The van der Waals surface area contributed by atoms with Gasteiger partial charge in [0, 0.05) is 30.8 Å². The van der Waals surface area contributed by atoms with Crippen LogP contribution in [0.3, 0.4) is 0 Å². The normalized spacial score (nSPS) is 17.1. The van der Waals surface area contributed by atoms with Gasteiger partial charge in [0.25, 0.3) is 5.79 Å². The highest BCUT2D eigenvalue weighted by Crippen LogP contribution is 2.29. The Morgan fingerprint density at radius 2 is 1.75 bits per heavy atom. The molecule has 1 aliphatic heterocycles. The van der Waals surface area contributed by atoms with E-state index in [1.54, 1.807) is 0 Å². The predicted molar refractivity (Wildman–Crippen MR) is 85.2 cm³/mol. The van der Waals surface area contributed by atoms with Crippen molar-refractivity contribution in [3.05, 3.63) is 34.2 Å². The van der Waals surface area contributed by atoms with E-state index in [9.17, 15) is 22.4 Å². The summed E-state index contributed by atoms with van der Waals surface area (Å²) in [7, 11) is -3.62. The smallest absolute Gasteiger partial charge is 0.350 e. The molecule has 1 aromatic carbocycles. The Bertz CT molecular complexity index is 840. The SMILES string of the molecule is CC1(C)OC(=O)C(=CNc2cc(Br)c(S(C)(=O)=O)cc2F)C(=O)O1. The molecule has 10 heteroatoms. The third-order valence-electron chi connectivity index (χ3n) is 2.91. The fourth-order valence-electron chi connectivity index (χ4n) is 1.85. The van der Waals surface area contributed by atoms with Gasteiger partial charge < -0.3 is 14.8 Å². The van der Waals surface area contributed by atoms with Gasteiger partial charge in [0.2, 0.25) is 0 Å². The van der Waals surface area contributed by atoms with Gasteiger partial charge in [-0.15, -0.1) is 0 Å². The molecule has 7 nitrogen and oxygen atoms in total. The largest absolute Gasteiger partial charge is 0.419 e. The van der Waals surface area contributed by atoms with Crippen LogP contribution in [0.5, 0.6) is 0 Å². The minimum atomic E-state index is -3.62. The zero-order chi connectivity index (χ0) is 18.3. The third kappa shape index (κ3) is 3.93. The molecule has 130 valence electrons. The van der Waals surface area contributed by atoms with Gasteiger partial charge in [-0.2, -0.15) is 0 Å². The molecular formula is C14H13BrFNO6S. The molecule has 2 rings (SSSR count). The lowest BCUT2D eigenvalue weighted by Crippen LogP contribution is -2.42. The monoisotopic (exact) mass is 421 g/mol. The first-order valence-corrected chi connectivity index (χ1v) is 9.21. The van der Waals surface area contributed by atoms with Crippen molar-refractivity contribution in [1.29, 1.82) is 0 Å². The zero-order valence-corrected chi connectivity index (χ0v) is 15.2. The highest BCUT2D eigenvalue weighted by molar-refractivity contribution is 9.10. The first-order chi connectivity index (χ1) is 10.9. The molecule has 0 bridgehead atoms. The van der Waals surface area contributed by atoms with Crippen molar-refractivity contribution in [3.8, 4) is 0 Å². The first kappa shape index (κ1) is 18.4. The van der Waals surface area contributed by atoms with Crippen LogP contribution in [0.4, 0.5) is 10.1 Å². The quantitative estimate of drug-likeness (QED) is 0.453. The standard InChI is InChI=1S/C14H13BrFNO6S/c1-14(2)22-12(18)7(13(19)23-14)6-17-10-4-8(15)11(5-9(10)16)24(3,20)21/h4-6,17H,1-3H3. The number of hydrogen-bond acceptors (Lipinski definition) is 7. The van der Waals surface area contributed by atoms with Crippen molar-refractivity contribution in [3.63, 3.8) is 0 Å². The molecule has 1 N–H and O–H groups in total. The molecule has 0 aromatic heterocycles. The molecule has 1 aliphatic rings. The van der Waals surface area contributed by atoms with Gasteiger partial charge in [-0.1, -0.05) is 0 Å². The number of halogens is 2. The van der Waals surface area contributed by atoms with E-state index >= 15 is 0 Å². The molecule has 0 radical (unpaired) electrons. The van der Waals surface area contributed by atoms with Gasteiger partial charge in [0.1, 0.15) is 5.82 Å². The number of esters is 2. The van der Waals surface area contributed by atoms with E-state index in [1.165, 1.54) is 19.9 Å². The van der Waals surface area contributed by atoms with Gasteiger partial charge in [-0.05, 0) is 28.1 Å². The average molecular weight is 422 g/mol. The number of benzene rings is 1. The first-order valence-electron chi connectivity index (χ1n) is 6.53. The van der Waals surface area contributed by atoms with Crippen LogP contribution in [0.25, 0.3) is 0 Å². The highest BCUT2D eigenvalue weighted by Gasteiger charge is 2.39. The predicted octanol–water partition coefficient (Wildman–Crippen LogP) is 2.12. The van der Waals surface area contributed by atoms with Crippen LogP contribution in [-0.4, -0.2) is 32.4 Å². The summed E-state index contributed by atoms with van der Waals surface area (Å²) in [4.78, 5) is 23.3. The number of nitrogens with one attached hydrogen (secondary N) is 1. The maximum absolute atomic E-state index is 14.0. The van der Waals surface area contributed by atoms with Crippen LogP contribution in [0.1, 0.15) is 13.8 Å². The molecule has 24 heavy (non-hydrogen) atoms. The Morgan fingerprint density at radius 1 is 1.21 bits per heavy atom. The van der Waals surface area contributed by atoms with Crippen molar-refractivity contribution in [2.45, 2.75) is 24.5 Å². The summed E-state index contributed by atoms with van der Waals surface area (Å²) in [6, 6.07) is 1.99. The number of hydrogen-bond donors (Lipinski definition) is 1. The summed E-state index contributed by atoms with van der Waals surface area (Å²) in [5.41, 5.74) is -0.593. The molecular weight excluding hydrogens is 409 g/mol. The topological polar surface area (TPSA) is 98.8 Å². The molecule has 1 saturated heterocycles. The number of cyclic esters (lactones) is 2. The second-order valence-electron chi connectivity index (χ2n) is 5.42. The maximum atomic E-state index is 14.0. The van der Waals surface area contributed by atoms with Crippen LogP contribution in [0, 0.1) is 5.82 Å². The van der Waals surface area contributed by atoms with Gasteiger partial charge in [0.15, 0.2) is 15.4 Å². The summed E-state index contributed by atoms with van der Waals surface area (Å²) >= 11 is 3.03. The van der Waals surface area contributed by atoms with E-state index in [2.05, 4.69) is 21.2 Å². The summed E-state index contributed by atoms with van der Waals surface area (Å²) in [6.45, 7) is 2.79. The van der Waals surface area contributed by atoms with Crippen LogP contribution < -0.4 is 5.32 Å². The van der Waals surface area contributed by atoms with Gasteiger partial charge in [-0.25, -0.2) is 22.4 Å². The number of sulfone groups is 1. The lowest BCUT2D eigenvalue weighted by atomic mass is 10.2. The van der Waals surface area contributed by atoms with Crippen LogP contribution in [-0.2, 0) is 28.9 Å². The van der Waals surface area contributed by atoms with E-state index in [4.69, 9.17) is 9.47 Å². The van der Waals surface area contributed by atoms with E-state index < -0.39 is 39.0 Å². The van der Waals surface area contributed by atoms with Crippen LogP contribution in [0.15, 0.2) is 33.3 Å². The Balaban J connectivity index is 2.31. The summed E-state index contributed by atoms with van der Waals surface area (Å²) in [5, 5.41) is 2.43. The van der Waals surface area contributed by atoms with E-state index in [0.29, 0.717) is 0 Å². The second-order valence-corrected chi connectivity index (χ2v) is 8.25. The van der Waals surface area contributed by atoms with E-state index in [-0.39, 0.29) is 15.1 Å². The van der Waals surface area contributed by atoms with Crippen molar-refractivity contribution < 1.29 is 31.9 Å². The zero-order valence-electron chi connectivity index (χ0n) is 12.8. The molecule has 0 aliphatic carbocycles. The number of rotatable bonds is 3. The molecule has 1 fully saturated rings. The van der Waals surface area contributed by atoms with E-state index in [0.717, 1.165) is 18.5 Å². The molecule has 0 unspecified atom stereocenters. The second kappa shape index (κ2) is 6.17. The molecule has 0 amide bonds. The number of carbonyl (C=O) groups excluding carboxylic acids is 2. The molecule has 0 saturated carbocycles. The molecule has 1 aromatic rings. The number of carbonyl (C=O) groups is 2. The van der Waals surface area contributed by atoms with Crippen LogP contribution in [0.2, 0.25) is 0 Å². The number of ether oxygens (including phenoxy) is 2. The lowest BCUT2D eigenvalue weighted by molar-refractivity contribution is -0.222. The van der Waals surface area contributed by atoms with Crippen molar-refractivity contribution >= 4 is 43.4 Å². The van der Waals surface area contributed by atoms with Gasteiger partial charge in [-0.3, -0.25) is 0 Å². The summed E-state index contributed by atoms with van der Waals surface area (Å²) < 4.78 is 47.0. The van der Waals surface area contributed by atoms with Gasteiger partial charge in [0.05, 0.1) is 10.6 Å². The lowest BCUT2D eigenvalue weighted by Gasteiger charge is -2.29. The van der Waals surface area contributed by atoms with E-state index in [1.807, 2.05) is 0 Å². The molecule has 1 heterocycles. The summed E-state index contributed by atoms with van der Waals surface area (Å²) in [5.74, 6) is -4.10. The molecule has 0 atom stereocenters. The Hall–Kier alpha value is -1.94. The fraction of sp³-hybridized carbons (Fsp3) is 0.286.